The van der Waals surface area contributed by atoms with Gasteiger partial charge in [0.1, 0.15) is 7.85 Å². The van der Waals surface area contributed by atoms with Gasteiger partial charge >= 0.3 is 0 Å². The first-order valence-corrected chi connectivity index (χ1v) is 1.39. The van der Waals surface area contributed by atoms with Gasteiger partial charge < -0.3 is 5.32 Å². The normalized spacial score (nSPS) is 6.60. The predicted octanol–water partition coefficient (Wildman–Crippen LogP) is -0.155. The van der Waals surface area contributed by atoms with Crippen molar-refractivity contribution in [3.63, 3.8) is 0 Å². The first-order chi connectivity index (χ1) is 2.27. The standard InChI is InChI=1S/C3H6BN/c1-3(4)5-2/h5H,1H2,2H3. The molecule has 0 aliphatic heterocycles. The predicted molar refractivity (Wildman–Crippen MR) is 24.0 cm³/mol. The molecule has 2 heteroatoms. The van der Waals surface area contributed by atoms with Gasteiger partial charge in [-0.1, -0.05) is 12.2 Å². The maximum Gasteiger partial charge on any atom is 0.137 e. The fourth-order valence-electron chi connectivity index (χ4n) is 0. The van der Waals surface area contributed by atoms with Gasteiger partial charge in [-0.25, -0.2) is 0 Å². The summed E-state index contributed by atoms with van der Waals surface area (Å²) in [4.78, 5) is 0. The summed E-state index contributed by atoms with van der Waals surface area (Å²) in [7, 11) is 6.71. The van der Waals surface area contributed by atoms with E-state index in [1.54, 1.807) is 7.05 Å². The van der Waals surface area contributed by atoms with Crippen molar-refractivity contribution in [2.75, 3.05) is 7.05 Å². The van der Waals surface area contributed by atoms with Crippen LogP contribution in [-0.4, -0.2) is 14.9 Å². The second-order valence-corrected chi connectivity index (χ2v) is 0.775. The fourth-order valence-corrected chi connectivity index (χ4v) is 0. The van der Waals surface area contributed by atoms with Gasteiger partial charge in [0.2, 0.25) is 0 Å². The van der Waals surface area contributed by atoms with Crippen LogP contribution in [0.5, 0.6) is 0 Å². The lowest BCUT2D eigenvalue weighted by Crippen LogP contribution is -2.01. The van der Waals surface area contributed by atoms with Crippen LogP contribution in [0.15, 0.2) is 12.2 Å². The lowest BCUT2D eigenvalue weighted by molar-refractivity contribution is 1.08. The molecule has 0 rings (SSSR count). The molecule has 1 nitrogen and oxygen atoms in total. The molecule has 0 fully saturated rings. The SMILES string of the molecule is [B]C(=C)NC. The van der Waals surface area contributed by atoms with E-state index >= 15 is 0 Å². The molecule has 0 bridgehead atoms. The van der Waals surface area contributed by atoms with Crippen molar-refractivity contribution >= 4 is 7.85 Å². The minimum absolute atomic E-state index is 0.505. The topological polar surface area (TPSA) is 12.0 Å². The molecular weight excluding hydrogens is 60.9 g/mol. The smallest absolute Gasteiger partial charge is 0.137 e. The third-order valence-electron chi connectivity index (χ3n) is 0.321. The number of hydrogen-bond acceptors (Lipinski definition) is 1. The van der Waals surface area contributed by atoms with Gasteiger partial charge in [0.05, 0.1) is 0 Å². The number of nitrogens with one attached hydrogen (secondary N) is 1. The Labute approximate surface area is 33.5 Å². The van der Waals surface area contributed by atoms with Crippen LogP contribution in [0.2, 0.25) is 0 Å². The summed E-state index contributed by atoms with van der Waals surface area (Å²) in [5, 5.41) is 2.61. The van der Waals surface area contributed by atoms with E-state index < -0.39 is 0 Å². The van der Waals surface area contributed by atoms with Gasteiger partial charge in [-0.3, -0.25) is 0 Å². The summed E-state index contributed by atoms with van der Waals surface area (Å²) in [5.74, 6) is 0. The Balaban J connectivity index is 2.85. The molecule has 26 valence electrons. The van der Waals surface area contributed by atoms with Gasteiger partial charge in [-0.2, -0.15) is 0 Å². The second-order valence-electron chi connectivity index (χ2n) is 0.775. The highest BCUT2D eigenvalue weighted by molar-refractivity contribution is 6.20. The molecule has 0 amide bonds. The largest absolute Gasteiger partial charge is 0.401 e. The number of rotatable bonds is 1. The maximum absolute atomic E-state index is 4.99. The quantitative estimate of drug-likeness (QED) is 0.420. The molecule has 0 aromatic rings. The number of hydrogen-bond donors (Lipinski definition) is 1. The Morgan fingerprint density at radius 2 is 2.20 bits per heavy atom. The molecule has 2 radical (unpaired) electrons. The van der Waals surface area contributed by atoms with E-state index in [4.69, 9.17) is 7.85 Å². The van der Waals surface area contributed by atoms with E-state index in [0.29, 0.717) is 5.60 Å². The van der Waals surface area contributed by atoms with Crippen molar-refractivity contribution in [3.05, 3.63) is 12.2 Å². The Kier molecular flexibility index (Phi) is 1.73. The van der Waals surface area contributed by atoms with Crippen LogP contribution in [0.1, 0.15) is 0 Å². The van der Waals surface area contributed by atoms with E-state index in [1.165, 1.54) is 0 Å². The van der Waals surface area contributed by atoms with Gasteiger partial charge in [0.15, 0.2) is 0 Å². The molecule has 0 unspecified atom stereocenters. The van der Waals surface area contributed by atoms with Gasteiger partial charge in [0, 0.05) is 7.05 Å². The Hall–Kier alpha value is -0.395. The summed E-state index contributed by atoms with van der Waals surface area (Å²) in [6, 6.07) is 0. The van der Waals surface area contributed by atoms with E-state index in [9.17, 15) is 0 Å². The van der Waals surface area contributed by atoms with Crippen LogP contribution >= 0.6 is 0 Å². The highest BCUT2D eigenvalue weighted by Crippen LogP contribution is 1.59. The molecule has 0 saturated carbocycles. The molecule has 0 aliphatic carbocycles. The molecule has 0 aromatic carbocycles. The van der Waals surface area contributed by atoms with Gasteiger partial charge in [0.25, 0.3) is 0 Å². The van der Waals surface area contributed by atoms with Crippen LogP contribution in [-0.2, 0) is 0 Å². The van der Waals surface area contributed by atoms with Gasteiger partial charge in [-0.05, 0) is 0 Å². The lowest BCUT2D eigenvalue weighted by atomic mass is 10.1. The summed E-state index contributed by atoms with van der Waals surface area (Å²) in [5.41, 5.74) is 0.505. The minimum atomic E-state index is 0.505. The maximum atomic E-state index is 4.99. The van der Waals surface area contributed by atoms with Crippen molar-refractivity contribution in [1.82, 2.24) is 5.32 Å². The van der Waals surface area contributed by atoms with Crippen LogP contribution < -0.4 is 5.32 Å². The zero-order chi connectivity index (χ0) is 4.28. The third kappa shape index (κ3) is 3.60. The van der Waals surface area contributed by atoms with Crippen molar-refractivity contribution in [3.8, 4) is 0 Å². The summed E-state index contributed by atoms with van der Waals surface area (Å²) >= 11 is 0. The monoisotopic (exact) mass is 67.1 g/mol. The van der Waals surface area contributed by atoms with Crippen molar-refractivity contribution in [2.24, 2.45) is 0 Å². The van der Waals surface area contributed by atoms with E-state index in [-0.39, 0.29) is 0 Å². The van der Waals surface area contributed by atoms with Crippen LogP contribution in [0.25, 0.3) is 0 Å². The minimum Gasteiger partial charge on any atom is -0.401 e. The van der Waals surface area contributed by atoms with Gasteiger partial charge in [-0.15, -0.1) is 0 Å². The summed E-state index contributed by atoms with van der Waals surface area (Å²) in [6.45, 7) is 3.34. The van der Waals surface area contributed by atoms with Crippen molar-refractivity contribution in [2.45, 2.75) is 0 Å². The van der Waals surface area contributed by atoms with E-state index in [0.717, 1.165) is 0 Å². The highest BCUT2D eigenvalue weighted by Gasteiger charge is 1.63. The van der Waals surface area contributed by atoms with E-state index in [1.807, 2.05) is 0 Å². The summed E-state index contributed by atoms with van der Waals surface area (Å²) in [6.07, 6.45) is 0. The third-order valence-corrected chi connectivity index (χ3v) is 0.321. The zero-order valence-corrected chi connectivity index (χ0v) is 3.28. The summed E-state index contributed by atoms with van der Waals surface area (Å²) < 4.78 is 0. The van der Waals surface area contributed by atoms with Crippen LogP contribution in [0.3, 0.4) is 0 Å². The Bertz CT molecular complexity index is 42.2. The highest BCUT2D eigenvalue weighted by atomic mass is 14.8. The lowest BCUT2D eigenvalue weighted by Gasteiger charge is -1.88. The van der Waals surface area contributed by atoms with E-state index in [2.05, 4.69) is 11.9 Å². The Morgan fingerprint density at radius 3 is 2.20 bits per heavy atom. The Morgan fingerprint density at radius 1 is 2.00 bits per heavy atom. The second kappa shape index (κ2) is 1.88. The molecule has 0 spiro atoms. The first-order valence-electron chi connectivity index (χ1n) is 1.39. The molecule has 0 aliphatic rings. The molecule has 0 heterocycles. The molecule has 0 saturated heterocycles. The molecule has 5 heavy (non-hydrogen) atoms. The average molecular weight is 66.9 g/mol. The molecule has 0 atom stereocenters. The van der Waals surface area contributed by atoms with Crippen LogP contribution in [0.4, 0.5) is 0 Å². The fraction of sp³-hybridized carbons (Fsp3) is 0.333. The zero-order valence-electron chi connectivity index (χ0n) is 3.28. The van der Waals surface area contributed by atoms with Crippen LogP contribution in [0, 0.1) is 0 Å². The van der Waals surface area contributed by atoms with Crippen molar-refractivity contribution < 1.29 is 0 Å². The molecular formula is C3H6BN. The molecule has 0 aromatic heterocycles. The molecule has 1 N–H and O–H groups in total. The average Bonchev–Trinajstić information content (AvgIpc) is 1.38. The first kappa shape index (κ1) is 4.60. The van der Waals surface area contributed by atoms with Crippen molar-refractivity contribution in [1.29, 1.82) is 0 Å².